The molecule has 1 atom stereocenters. The van der Waals surface area contributed by atoms with Crippen molar-refractivity contribution >= 4 is 10.1 Å². The molecule has 5 nitrogen and oxygen atoms in total. The highest BCUT2D eigenvalue weighted by molar-refractivity contribution is 7.85. The highest BCUT2D eigenvalue weighted by Gasteiger charge is 2.13. The topological polar surface area (TPSA) is 77.8 Å². The van der Waals surface area contributed by atoms with Crippen LogP contribution in [-0.4, -0.2) is 48.6 Å². The standard InChI is InChI=1S/C21H43NO4S/c1-3-4-5-6-7-8-9-10-11-12-13-14-15-16-17-18-21(23)22(2)19-20-27(24,25)26/h10-11,21,23H,3-9,12-20H2,1-2H3,(H,24,25,26). The van der Waals surface area contributed by atoms with Crippen LogP contribution >= 0.6 is 0 Å². The lowest BCUT2D eigenvalue weighted by Crippen LogP contribution is -2.35. The van der Waals surface area contributed by atoms with E-state index in [0.29, 0.717) is 6.42 Å². The molecule has 0 rings (SSSR count). The van der Waals surface area contributed by atoms with Crippen LogP contribution in [0.2, 0.25) is 0 Å². The molecule has 0 radical (unpaired) electrons. The van der Waals surface area contributed by atoms with Crippen molar-refractivity contribution in [3.8, 4) is 0 Å². The van der Waals surface area contributed by atoms with E-state index in [1.807, 2.05) is 0 Å². The monoisotopic (exact) mass is 405 g/mol. The first kappa shape index (κ1) is 26.6. The number of hydrogen-bond acceptors (Lipinski definition) is 4. The van der Waals surface area contributed by atoms with Gasteiger partial charge in [0.25, 0.3) is 10.1 Å². The summed E-state index contributed by atoms with van der Waals surface area (Å²) in [4.78, 5) is 1.57. The number of allylic oxidation sites excluding steroid dienone is 2. The van der Waals surface area contributed by atoms with Gasteiger partial charge < -0.3 is 5.11 Å². The lowest BCUT2D eigenvalue weighted by atomic mass is 10.1. The lowest BCUT2D eigenvalue weighted by molar-refractivity contribution is 0.0176. The maximum atomic E-state index is 10.7. The van der Waals surface area contributed by atoms with Gasteiger partial charge in [0.1, 0.15) is 6.23 Å². The van der Waals surface area contributed by atoms with Crippen LogP contribution in [-0.2, 0) is 10.1 Å². The molecule has 0 aromatic heterocycles. The van der Waals surface area contributed by atoms with E-state index in [9.17, 15) is 13.5 Å². The first-order valence-electron chi connectivity index (χ1n) is 10.8. The van der Waals surface area contributed by atoms with E-state index in [1.165, 1.54) is 64.2 Å². The van der Waals surface area contributed by atoms with Gasteiger partial charge >= 0.3 is 0 Å². The van der Waals surface area contributed by atoms with Crippen molar-refractivity contribution in [2.24, 2.45) is 0 Å². The van der Waals surface area contributed by atoms with Crippen molar-refractivity contribution in [2.75, 3.05) is 19.3 Å². The zero-order chi connectivity index (χ0) is 20.4. The maximum absolute atomic E-state index is 10.7. The Labute approximate surface area is 168 Å². The molecule has 0 saturated carbocycles. The molecule has 0 amide bonds. The van der Waals surface area contributed by atoms with E-state index in [1.54, 1.807) is 11.9 Å². The normalized spacial score (nSPS) is 13.7. The number of rotatable bonds is 19. The van der Waals surface area contributed by atoms with Gasteiger partial charge in [0, 0.05) is 6.54 Å². The molecule has 0 aliphatic heterocycles. The number of aliphatic hydroxyl groups excluding tert-OH is 1. The number of unbranched alkanes of at least 4 members (excludes halogenated alkanes) is 11. The van der Waals surface area contributed by atoms with Crippen molar-refractivity contribution in [3.05, 3.63) is 12.2 Å². The molecule has 0 aromatic carbocycles. The summed E-state index contributed by atoms with van der Waals surface area (Å²) in [6.45, 7) is 2.40. The zero-order valence-corrected chi connectivity index (χ0v) is 18.4. The van der Waals surface area contributed by atoms with E-state index >= 15 is 0 Å². The summed E-state index contributed by atoms with van der Waals surface area (Å²) in [5.74, 6) is -0.340. The Balaban J connectivity index is 3.40. The van der Waals surface area contributed by atoms with E-state index in [0.717, 1.165) is 19.3 Å². The minimum Gasteiger partial charge on any atom is -0.378 e. The van der Waals surface area contributed by atoms with Crippen molar-refractivity contribution in [3.63, 3.8) is 0 Å². The molecule has 0 fully saturated rings. The van der Waals surface area contributed by atoms with Gasteiger partial charge in [-0.1, -0.05) is 70.4 Å². The second kappa shape index (κ2) is 17.7. The van der Waals surface area contributed by atoms with Gasteiger partial charge in [-0.15, -0.1) is 0 Å². The molecule has 0 spiro atoms. The van der Waals surface area contributed by atoms with Gasteiger partial charge in [-0.25, -0.2) is 0 Å². The Morgan fingerprint density at radius 1 is 0.852 bits per heavy atom. The van der Waals surface area contributed by atoms with Gasteiger partial charge in [-0.05, 0) is 45.6 Å². The number of aliphatic hydroxyl groups is 1. The van der Waals surface area contributed by atoms with E-state index in [-0.39, 0.29) is 12.3 Å². The lowest BCUT2D eigenvalue weighted by Gasteiger charge is -2.22. The highest BCUT2D eigenvalue weighted by atomic mass is 32.2. The third-order valence-electron chi connectivity index (χ3n) is 4.93. The highest BCUT2D eigenvalue weighted by Crippen LogP contribution is 2.11. The second-order valence-electron chi connectivity index (χ2n) is 7.62. The van der Waals surface area contributed by atoms with Gasteiger partial charge in [0.15, 0.2) is 0 Å². The van der Waals surface area contributed by atoms with Crippen molar-refractivity contribution in [1.82, 2.24) is 4.90 Å². The minimum absolute atomic E-state index is 0.144. The molecule has 0 aliphatic carbocycles. The Bertz CT molecular complexity index is 451. The summed E-state index contributed by atoms with van der Waals surface area (Å²) in [6, 6.07) is 0. The van der Waals surface area contributed by atoms with E-state index in [4.69, 9.17) is 4.55 Å². The summed E-state index contributed by atoms with van der Waals surface area (Å²) >= 11 is 0. The Hall–Kier alpha value is -0.430. The third-order valence-corrected chi connectivity index (χ3v) is 5.63. The molecule has 0 aliphatic rings. The largest absolute Gasteiger partial charge is 0.378 e. The molecule has 162 valence electrons. The number of hydrogen-bond donors (Lipinski definition) is 2. The Morgan fingerprint density at radius 2 is 1.33 bits per heavy atom. The second-order valence-corrected chi connectivity index (χ2v) is 9.19. The first-order valence-corrected chi connectivity index (χ1v) is 12.5. The summed E-state index contributed by atoms with van der Waals surface area (Å²) < 4.78 is 30.1. The van der Waals surface area contributed by atoms with Gasteiger partial charge in [0.05, 0.1) is 5.75 Å². The van der Waals surface area contributed by atoms with Crippen LogP contribution < -0.4 is 0 Å². The van der Waals surface area contributed by atoms with Crippen LogP contribution in [0, 0.1) is 0 Å². The SMILES string of the molecule is CCCCCCCCC=CCCCCCCCC(O)N(C)CCS(=O)(=O)O. The maximum Gasteiger partial charge on any atom is 0.266 e. The van der Waals surface area contributed by atoms with Gasteiger partial charge in [0.2, 0.25) is 0 Å². The van der Waals surface area contributed by atoms with Crippen LogP contribution in [0.4, 0.5) is 0 Å². The third kappa shape index (κ3) is 20.1. The molecule has 0 aromatic rings. The van der Waals surface area contributed by atoms with Crippen LogP contribution in [0.25, 0.3) is 0 Å². The molecule has 0 bridgehead atoms. The predicted molar refractivity (Wildman–Crippen MR) is 115 cm³/mol. The molecule has 2 N–H and O–H groups in total. The van der Waals surface area contributed by atoms with Crippen LogP contribution in [0.15, 0.2) is 12.2 Å². The molecular formula is C21H43NO4S. The average molecular weight is 406 g/mol. The van der Waals surface area contributed by atoms with Gasteiger partial charge in [-0.2, -0.15) is 8.42 Å². The van der Waals surface area contributed by atoms with Crippen molar-refractivity contribution in [2.45, 2.75) is 103 Å². The Kier molecular flexibility index (Phi) is 17.4. The summed E-state index contributed by atoms with van der Waals surface area (Å²) in [7, 11) is -2.29. The molecule has 0 heterocycles. The fourth-order valence-electron chi connectivity index (χ4n) is 3.03. The first-order chi connectivity index (χ1) is 12.9. The smallest absolute Gasteiger partial charge is 0.266 e. The molecule has 6 heteroatoms. The summed E-state index contributed by atoms with van der Waals surface area (Å²) in [6.07, 6.45) is 20.8. The van der Waals surface area contributed by atoms with Crippen LogP contribution in [0.3, 0.4) is 0 Å². The molecule has 27 heavy (non-hydrogen) atoms. The Morgan fingerprint density at radius 3 is 1.85 bits per heavy atom. The predicted octanol–water partition coefficient (Wildman–Crippen LogP) is 5.16. The van der Waals surface area contributed by atoms with E-state index in [2.05, 4.69) is 19.1 Å². The average Bonchev–Trinajstić information content (AvgIpc) is 2.62. The van der Waals surface area contributed by atoms with Crippen molar-refractivity contribution in [1.29, 1.82) is 0 Å². The summed E-state index contributed by atoms with van der Waals surface area (Å²) in [5.41, 5.74) is 0. The van der Waals surface area contributed by atoms with Crippen LogP contribution in [0.5, 0.6) is 0 Å². The zero-order valence-electron chi connectivity index (χ0n) is 17.6. The fourth-order valence-corrected chi connectivity index (χ4v) is 3.55. The molecule has 1 unspecified atom stereocenters. The molecule has 0 saturated heterocycles. The van der Waals surface area contributed by atoms with E-state index < -0.39 is 16.3 Å². The quantitative estimate of drug-likeness (QED) is 0.134. The fraction of sp³-hybridized carbons (Fsp3) is 0.905. The van der Waals surface area contributed by atoms with Crippen molar-refractivity contribution < 1.29 is 18.1 Å². The minimum atomic E-state index is -3.96. The molecular weight excluding hydrogens is 362 g/mol. The number of nitrogens with zero attached hydrogens (tertiary/aromatic N) is 1. The van der Waals surface area contributed by atoms with Crippen LogP contribution in [0.1, 0.15) is 96.8 Å². The summed E-state index contributed by atoms with van der Waals surface area (Å²) in [5, 5.41) is 9.96. The van der Waals surface area contributed by atoms with Gasteiger partial charge in [-0.3, -0.25) is 9.45 Å².